The molecule has 0 radical (unpaired) electrons. The molecular formula is C39H38Br2Zr. The summed E-state index contributed by atoms with van der Waals surface area (Å²) < 4.78 is 7.15. The normalized spacial score (nSPS) is 14.0. The zero-order valence-electron chi connectivity index (χ0n) is 25.4. The van der Waals surface area contributed by atoms with E-state index in [-0.39, 0.29) is 10.8 Å². The van der Waals surface area contributed by atoms with Gasteiger partial charge >= 0.3 is 279 Å². The molecule has 0 fully saturated rings. The molecule has 0 amide bonds. The first-order valence-corrected chi connectivity index (χ1v) is 20.1. The summed E-state index contributed by atoms with van der Waals surface area (Å²) in [5.74, 6) is 0. The van der Waals surface area contributed by atoms with Crippen LogP contribution in [0.4, 0.5) is 0 Å². The van der Waals surface area contributed by atoms with Crippen LogP contribution in [0.3, 0.4) is 0 Å². The van der Waals surface area contributed by atoms with E-state index in [2.05, 4.69) is 170 Å². The van der Waals surface area contributed by atoms with Gasteiger partial charge in [0.25, 0.3) is 0 Å². The number of fused-ring (bicyclic) bond motifs is 3. The van der Waals surface area contributed by atoms with Gasteiger partial charge in [-0.1, -0.05) is 0 Å². The molecule has 42 heavy (non-hydrogen) atoms. The molecule has 0 atom stereocenters. The van der Waals surface area contributed by atoms with Crippen molar-refractivity contribution < 1.29 is 21.3 Å². The Bertz CT molecular complexity index is 1760. The second kappa shape index (κ2) is 11.5. The number of rotatable bonds is 4. The summed E-state index contributed by atoms with van der Waals surface area (Å²) in [6.45, 7) is 14.2. The molecule has 0 saturated heterocycles. The van der Waals surface area contributed by atoms with E-state index in [9.17, 15) is 0 Å². The van der Waals surface area contributed by atoms with Gasteiger partial charge in [0.1, 0.15) is 0 Å². The Morgan fingerprint density at radius 2 is 1.36 bits per heavy atom. The Morgan fingerprint density at radius 3 is 1.90 bits per heavy atom. The maximum absolute atomic E-state index is 3.82. The van der Waals surface area contributed by atoms with Gasteiger partial charge in [0.05, 0.1) is 0 Å². The molecule has 0 bridgehead atoms. The fraction of sp³-hybridized carbons (Fsp3) is 0.256. The van der Waals surface area contributed by atoms with Crippen molar-refractivity contribution in [1.29, 1.82) is 0 Å². The van der Waals surface area contributed by atoms with Crippen LogP contribution in [-0.4, -0.2) is 3.21 Å². The first-order valence-electron chi connectivity index (χ1n) is 14.8. The fourth-order valence-corrected chi connectivity index (χ4v) is 16.2. The third-order valence-corrected chi connectivity index (χ3v) is 17.3. The second-order valence-corrected chi connectivity index (χ2v) is 21.4. The molecule has 212 valence electrons. The first-order chi connectivity index (χ1) is 19.9. The van der Waals surface area contributed by atoms with Gasteiger partial charge in [0.15, 0.2) is 0 Å². The quantitative estimate of drug-likeness (QED) is 0.171. The number of allylic oxidation sites excluding steroid dienone is 4. The Hall–Kier alpha value is -1.93. The molecule has 0 heterocycles. The maximum atomic E-state index is 3.82. The summed E-state index contributed by atoms with van der Waals surface area (Å²) in [5, 5.41) is 0. The molecule has 0 saturated carbocycles. The summed E-state index contributed by atoms with van der Waals surface area (Å²) in [6.07, 6.45) is 9.17. The van der Waals surface area contributed by atoms with Gasteiger partial charge in [-0.2, -0.15) is 0 Å². The predicted octanol–water partition coefficient (Wildman–Crippen LogP) is 10.7. The van der Waals surface area contributed by atoms with E-state index in [0.29, 0.717) is 0 Å². The molecule has 2 aliphatic carbocycles. The van der Waals surface area contributed by atoms with Gasteiger partial charge in [-0.05, 0) is 0 Å². The van der Waals surface area contributed by atoms with Gasteiger partial charge < -0.3 is 0 Å². The molecule has 0 aliphatic heterocycles. The number of hydrogen-bond acceptors (Lipinski definition) is 0. The fourth-order valence-electron chi connectivity index (χ4n) is 6.48. The van der Waals surface area contributed by atoms with E-state index in [4.69, 9.17) is 0 Å². The third-order valence-electron chi connectivity index (χ3n) is 8.57. The summed E-state index contributed by atoms with van der Waals surface area (Å²) in [4.78, 5) is 0. The van der Waals surface area contributed by atoms with Gasteiger partial charge in [-0.3, -0.25) is 0 Å². The van der Waals surface area contributed by atoms with Crippen molar-refractivity contribution in [3.63, 3.8) is 0 Å². The molecule has 0 aromatic heterocycles. The summed E-state index contributed by atoms with van der Waals surface area (Å²) >= 11 is 4.84. The minimum atomic E-state index is -2.80. The Balaban J connectivity index is 1.74. The van der Waals surface area contributed by atoms with Crippen LogP contribution >= 0.6 is 31.9 Å². The van der Waals surface area contributed by atoms with Crippen molar-refractivity contribution in [1.82, 2.24) is 0 Å². The van der Waals surface area contributed by atoms with Gasteiger partial charge in [0.2, 0.25) is 0 Å². The van der Waals surface area contributed by atoms with E-state index in [1.165, 1.54) is 38.9 Å². The molecule has 4 aromatic rings. The van der Waals surface area contributed by atoms with Crippen LogP contribution in [0.2, 0.25) is 0 Å². The van der Waals surface area contributed by atoms with Crippen LogP contribution < -0.4 is 3.27 Å². The number of halogens is 2. The van der Waals surface area contributed by atoms with E-state index >= 15 is 0 Å². The van der Waals surface area contributed by atoms with Crippen LogP contribution in [0.15, 0.2) is 109 Å². The van der Waals surface area contributed by atoms with Crippen molar-refractivity contribution in [2.75, 3.05) is 0 Å². The molecule has 2 aliphatic rings. The SMILES string of the molecule is CC(C)(C)c1ccc2c(c1)Cc1c-2ccc(C(C)(C)C)[c]1[Zr]([C]1=CC=CC1)=[C](c1cccc(Br)c1)c1cccc(Br)c1. The summed E-state index contributed by atoms with van der Waals surface area (Å²) in [7, 11) is 0. The van der Waals surface area contributed by atoms with E-state index < -0.39 is 21.3 Å². The van der Waals surface area contributed by atoms with Gasteiger partial charge in [0, 0.05) is 0 Å². The van der Waals surface area contributed by atoms with Crippen LogP contribution in [0, 0.1) is 0 Å². The Morgan fingerprint density at radius 1 is 0.714 bits per heavy atom. The van der Waals surface area contributed by atoms with E-state index in [1.54, 1.807) is 15.3 Å². The van der Waals surface area contributed by atoms with Crippen molar-refractivity contribution >= 4 is 38.3 Å². The standard InChI is InChI=1S/C21H25.C13H8Br2.C5H5.Zr/c1-20(2,3)16-7-9-18-14(12-16)11-15-13-17(21(4,5)6)8-10-19(15)18;14-12-5-1-3-10(8-12)7-11-4-2-6-13(15)9-11;1-2-4-5-3-1;/h7-10,12H,11H2,1-6H3;1-6,8-9H;1-3H,4H2;. The molecule has 0 unspecified atom stereocenters. The number of benzene rings is 4. The predicted molar refractivity (Wildman–Crippen MR) is 185 cm³/mol. The van der Waals surface area contributed by atoms with Crippen LogP contribution in [0.1, 0.15) is 81.3 Å². The van der Waals surface area contributed by atoms with Crippen molar-refractivity contribution in [3.05, 3.63) is 143 Å². The Labute approximate surface area is 276 Å². The van der Waals surface area contributed by atoms with Crippen LogP contribution in [0.5, 0.6) is 0 Å². The second-order valence-electron chi connectivity index (χ2n) is 13.7. The topological polar surface area (TPSA) is 0 Å². The monoisotopic (exact) mass is 754 g/mol. The zero-order valence-corrected chi connectivity index (χ0v) is 31.0. The summed E-state index contributed by atoms with van der Waals surface area (Å²) in [6, 6.07) is 30.2. The average molecular weight is 758 g/mol. The third kappa shape index (κ3) is 5.79. The molecule has 0 spiro atoms. The number of hydrogen-bond donors (Lipinski definition) is 0. The van der Waals surface area contributed by atoms with E-state index in [0.717, 1.165) is 21.8 Å². The Kier molecular flexibility index (Phi) is 8.27. The zero-order chi connectivity index (χ0) is 29.8. The molecule has 3 heteroatoms. The minimum absolute atomic E-state index is 0.0355. The van der Waals surface area contributed by atoms with Crippen LogP contribution in [-0.2, 0) is 38.5 Å². The molecule has 4 aromatic carbocycles. The van der Waals surface area contributed by atoms with Crippen molar-refractivity contribution in [2.45, 2.75) is 65.2 Å². The molecule has 0 N–H and O–H groups in total. The van der Waals surface area contributed by atoms with Gasteiger partial charge in [-0.25, -0.2) is 0 Å². The van der Waals surface area contributed by atoms with Crippen molar-refractivity contribution in [3.8, 4) is 11.1 Å². The molecular weight excluding hydrogens is 719 g/mol. The average Bonchev–Trinajstić information content (AvgIpc) is 3.58. The van der Waals surface area contributed by atoms with Crippen LogP contribution in [0.25, 0.3) is 11.1 Å². The van der Waals surface area contributed by atoms with Gasteiger partial charge in [-0.15, -0.1) is 0 Å². The summed E-state index contributed by atoms with van der Waals surface area (Å²) in [5.41, 5.74) is 11.7. The molecule has 0 nitrogen and oxygen atoms in total. The van der Waals surface area contributed by atoms with Crippen molar-refractivity contribution in [2.24, 2.45) is 0 Å². The van der Waals surface area contributed by atoms with E-state index in [1.807, 2.05) is 0 Å². The molecule has 6 rings (SSSR count). The first kappa shape index (κ1) is 30.1.